The Labute approximate surface area is 316 Å². The van der Waals surface area contributed by atoms with Crippen molar-refractivity contribution in [3.63, 3.8) is 0 Å². The lowest BCUT2D eigenvalue weighted by Crippen LogP contribution is -2.81. The lowest BCUT2D eigenvalue weighted by molar-refractivity contribution is -0.267. The van der Waals surface area contributed by atoms with Gasteiger partial charge in [-0.1, -0.05) is 33.8 Å². The largest absolute Gasteiger partial charge is 0.466 e. The average molecular weight is 775 g/mol. The molecular weight excluding hydrogens is 728 g/mol. The summed E-state index contributed by atoms with van der Waals surface area (Å²) in [6.07, 6.45) is -8.58. The van der Waals surface area contributed by atoms with Gasteiger partial charge in [-0.3, -0.25) is 19.2 Å². The summed E-state index contributed by atoms with van der Waals surface area (Å²) in [5, 5.41) is 23.4. The maximum absolute atomic E-state index is 15.4. The maximum atomic E-state index is 15.4. The van der Waals surface area contributed by atoms with Gasteiger partial charge in [-0.2, -0.15) is 0 Å². The Kier molecular flexibility index (Phi) is 10.5. The van der Waals surface area contributed by atoms with Crippen LogP contribution in [0, 0.1) is 28.1 Å². The number of aliphatic hydroxyl groups is 2. The molecular formula is C38H46O17. The van der Waals surface area contributed by atoms with Crippen molar-refractivity contribution in [3.8, 4) is 0 Å². The molecule has 55 heavy (non-hydrogen) atoms. The van der Waals surface area contributed by atoms with Gasteiger partial charge in [0, 0.05) is 48.5 Å². The third-order valence-corrected chi connectivity index (χ3v) is 12.0. The molecule has 1 saturated heterocycles. The second kappa shape index (κ2) is 14.0. The lowest BCUT2D eigenvalue weighted by atomic mass is 9.38. The van der Waals surface area contributed by atoms with E-state index in [-0.39, 0.29) is 35.1 Å². The van der Waals surface area contributed by atoms with Crippen molar-refractivity contribution in [1.82, 2.24) is 0 Å². The first kappa shape index (κ1) is 41.3. The van der Waals surface area contributed by atoms with Gasteiger partial charge < -0.3 is 43.4 Å². The highest BCUT2D eigenvalue weighted by Crippen LogP contribution is 2.69. The van der Waals surface area contributed by atoms with Crippen LogP contribution < -0.4 is 0 Å². The number of carbonyl (C=O) groups excluding carboxylic acids is 8. The van der Waals surface area contributed by atoms with Crippen molar-refractivity contribution < 1.29 is 81.7 Å². The number of hydrogen-bond donors (Lipinski definition) is 2. The number of ketones is 1. The number of esters is 7. The van der Waals surface area contributed by atoms with Gasteiger partial charge in [0.1, 0.15) is 12.2 Å². The van der Waals surface area contributed by atoms with Gasteiger partial charge in [-0.15, -0.1) is 0 Å². The summed E-state index contributed by atoms with van der Waals surface area (Å²) >= 11 is 0. The van der Waals surface area contributed by atoms with Gasteiger partial charge >= 0.3 is 41.8 Å². The molecule has 0 amide bonds. The van der Waals surface area contributed by atoms with Gasteiger partial charge in [0.15, 0.2) is 11.9 Å². The minimum atomic E-state index is -2.99. The minimum absolute atomic E-state index is 0.0382. The number of fused-ring (bicyclic) bond motifs is 5. The number of rotatable bonds is 8. The number of ether oxygens (including phenoxy) is 7. The number of aliphatic hydroxyl groups excluding tert-OH is 1. The van der Waals surface area contributed by atoms with Crippen LogP contribution in [0.1, 0.15) is 75.2 Å². The van der Waals surface area contributed by atoms with E-state index in [4.69, 9.17) is 33.2 Å². The van der Waals surface area contributed by atoms with Crippen LogP contribution in [0.15, 0.2) is 34.4 Å². The normalized spacial score (nSPS) is 36.9. The fourth-order valence-corrected chi connectivity index (χ4v) is 9.85. The average Bonchev–Trinajstić information content (AvgIpc) is 3.43. The molecule has 2 saturated carbocycles. The van der Waals surface area contributed by atoms with Crippen LogP contribution in [0.3, 0.4) is 0 Å². The number of carbonyl (C=O) groups is 8. The SMILES string of the molecule is C/C=C(\C)C(=O)O[C@H]1C(C)(C)[C@H]([C@@H](OC(C)=O)C(=O)OC)[C@]2(C)C(=O)[C@@]1(O)[C@@H](OC(C)=O)C1=C3[C@@H](OC(C)=O)C(=O)O[C@@H](C4=C[C@@H](O)OC4=O)[C@]3(C)CC[C@@H]12. The molecule has 2 N–H and O–H groups in total. The molecule has 3 aliphatic carbocycles. The minimum Gasteiger partial charge on any atom is -0.466 e. The van der Waals surface area contributed by atoms with Gasteiger partial charge in [0.05, 0.1) is 12.7 Å². The standard InChI is InChI=1S/C38H46O17/c1-11-15(2)29(43)55-34-35(6,7)26(25(31(45)49-10)51-17(4)40)37(9)20-12-13-36(8)23(22(20)28(52-18(5)41)38(34,48)33(37)47)24(50-16(3)39)32(46)54-27(36)19-14-21(42)53-30(19)44/h11,14,20-21,24-28,34,42,48H,12-13H2,1-10H3/b15-11+/t20-,21-,24+,25+,26-,27-,28-,34-,36+,37+,38-/m0/s1. The molecule has 17 nitrogen and oxygen atoms in total. The van der Waals surface area contributed by atoms with Crippen LogP contribution in [0.25, 0.3) is 0 Å². The van der Waals surface area contributed by atoms with Crippen molar-refractivity contribution in [1.29, 1.82) is 0 Å². The molecule has 5 aliphatic rings. The van der Waals surface area contributed by atoms with Crippen molar-refractivity contribution in [2.45, 2.75) is 118 Å². The predicted molar refractivity (Wildman–Crippen MR) is 181 cm³/mol. The summed E-state index contributed by atoms with van der Waals surface area (Å²) in [6.45, 7) is 12.0. The Balaban J connectivity index is 1.96. The monoisotopic (exact) mass is 774 g/mol. The summed E-state index contributed by atoms with van der Waals surface area (Å²) in [5.74, 6) is -10.9. The van der Waals surface area contributed by atoms with E-state index in [1.165, 1.54) is 33.8 Å². The molecule has 0 aromatic heterocycles. The zero-order chi connectivity index (χ0) is 41.3. The quantitative estimate of drug-likeness (QED) is 0.153. The summed E-state index contributed by atoms with van der Waals surface area (Å²) in [6, 6.07) is 0. The van der Waals surface area contributed by atoms with Gasteiger partial charge in [-0.05, 0) is 49.8 Å². The second-order valence-corrected chi connectivity index (χ2v) is 15.6. The summed E-state index contributed by atoms with van der Waals surface area (Å²) in [5.41, 5.74) is -8.64. The molecule has 2 heterocycles. The molecule has 300 valence electrons. The Morgan fingerprint density at radius 3 is 2.05 bits per heavy atom. The van der Waals surface area contributed by atoms with Crippen LogP contribution in [0.2, 0.25) is 0 Å². The molecule has 17 heteroatoms. The number of Topliss-reactive ketones (excluding diaryl/α,β-unsaturated/α-hetero) is 1. The molecule has 0 unspecified atom stereocenters. The summed E-state index contributed by atoms with van der Waals surface area (Å²) in [7, 11) is 1.04. The molecule has 0 spiro atoms. The zero-order valence-corrected chi connectivity index (χ0v) is 32.2. The lowest BCUT2D eigenvalue weighted by Gasteiger charge is -2.67. The van der Waals surface area contributed by atoms with Crippen LogP contribution in [0.5, 0.6) is 0 Å². The highest BCUT2D eigenvalue weighted by atomic mass is 16.6. The number of methoxy groups -OCH3 is 1. The van der Waals surface area contributed by atoms with E-state index in [2.05, 4.69) is 0 Å². The van der Waals surface area contributed by atoms with E-state index in [0.29, 0.717) is 0 Å². The fraction of sp³-hybridized carbons (Fsp3) is 0.632. The van der Waals surface area contributed by atoms with Crippen LogP contribution >= 0.6 is 0 Å². The third kappa shape index (κ3) is 6.15. The van der Waals surface area contributed by atoms with Gasteiger partial charge in [-0.25, -0.2) is 19.2 Å². The van der Waals surface area contributed by atoms with Crippen molar-refractivity contribution in [2.24, 2.45) is 28.1 Å². The highest BCUT2D eigenvalue weighted by molar-refractivity contribution is 6.01. The Bertz CT molecular complexity index is 1850. The first-order valence-electron chi connectivity index (χ1n) is 17.7. The molecule has 11 atom stereocenters. The van der Waals surface area contributed by atoms with Gasteiger partial charge in [0.2, 0.25) is 24.1 Å². The number of hydrogen-bond acceptors (Lipinski definition) is 17. The third-order valence-electron chi connectivity index (χ3n) is 12.0. The van der Waals surface area contributed by atoms with E-state index in [9.17, 15) is 43.8 Å². The predicted octanol–water partition coefficient (Wildman–Crippen LogP) is 1.25. The molecule has 0 aromatic carbocycles. The van der Waals surface area contributed by atoms with E-state index in [1.54, 1.807) is 13.8 Å². The van der Waals surface area contributed by atoms with Gasteiger partial charge in [0.25, 0.3) is 0 Å². The fourth-order valence-electron chi connectivity index (χ4n) is 9.85. The smallest absolute Gasteiger partial charge is 0.352 e. The molecule has 0 aromatic rings. The molecule has 0 radical (unpaired) electrons. The molecule has 2 bridgehead atoms. The van der Waals surface area contributed by atoms with Crippen molar-refractivity contribution >= 4 is 47.6 Å². The Morgan fingerprint density at radius 1 is 0.927 bits per heavy atom. The van der Waals surface area contributed by atoms with E-state index < -0.39 is 118 Å². The van der Waals surface area contributed by atoms with Crippen LogP contribution in [0.4, 0.5) is 0 Å². The number of allylic oxidation sites excluding steroid dienone is 1. The second-order valence-electron chi connectivity index (χ2n) is 15.6. The summed E-state index contributed by atoms with van der Waals surface area (Å²) in [4.78, 5) is 108. The maximum Gasteiger partial charge on any atom is 0.352 e. The topological polar surface area (TPSA) is 242 Å². The molecule has 5 rings (SSSR count). The highest BCUT2D eigenvalue weighted by Gasteiger charge is 2.80. The van der Waals surface area contributed by atoms with Crippen molar-refractivity contribution in [3.05, 3.63) is 34.4 Å². The van der Waals surface area contributed by atoms with E-state index in [1.807, 2.05) is 0 Å². The number of cyclic esters (lactones) is 2. The first-order valence-corrected chi connectivity index (χ1v) is 17.7. The van der Waals surface area contributed by atoms with E-state index in [0.717, 1.165) is 34.0 Å². The molecule has 3 fully saturated rings. The Hall–Kier alpha value is -4.90. The van der Waals surface area contributed by atoms with Crippen LogP contribution in [-0.2, 0) is 71.5 Å². The van der Waals surface area contributed by atoms with Crippen molar-refractivity contribution in [2.75, 3.05) is 7.11 Å². The Morgan fingerprint density at radius 2 is 1.55 bits per heavy atom. The summed E-state index contributed by atoms with van der Waals surface area (Å²) < 4.78 is 38.8. The molecule has 2 aliphatic heterocycles. The first-order chi connectivity index (χ1) is 25.4. The zero-order valence-electron chi connectivity index (χ0n) is 32.2. The van der Waals surface area contributed by atoms with E-state index >= 15 is 4.79 Å². The van der Waals surface area contributed by atoms with Crippen LogP contribution in [-0.4, -0.2) is 107 Å².